The van der Waals surface area contributed by atoms with Crippen molar-refractivity contribution in [3.63, 3.8) is 0 Å². The summed E-state index contributed by atoms with van der Waals surface area (Å²) in [6, 6.07) is 25.3. The summed E-state index contributed by atoms with van der Waals surface area (Å²) in [4.78, 5) is 14.5. The van der Waals surface area contributed by atoms with Crippen LogP contribution in [0.15, 0.2) is 87.9 Å². The maximum absolute atomic E-state index is 12.7. The number of amides is 1. The van der Waals surface area contributed by atoms with E-state index in [9.17, 15) is 10.1 Å². The largest absolute Gasteiger partial charge is 0.355 e. The molecule has 3 aromatic carbocycles. The van der Waals surface area contributed by atoms with E-state index in [2.05, 4.69) is 23.1 Å². The van der Waals surface area contributed by atoms with Crippen molar-refractivity contribution in [2.24, 2.45) is 0 Å². The highest BCUT2D eigenvalue weighted by Crippen LogP contribution is 2.38. The third kappa shape index (κ3) is 3.31. The van der Waals surface area contributed by atoms with Gasteiger partial charge in [0.15, 0.2) is 5.76 Å². The van der Waals surface area contributed by atoms with E-state index < -0.39 is 12.1 Å². The third-order valence-electron chi connectivity index (χ3n) is 5.45. The van der Waals surface area contributed by atoms with Gasteiger partial charge in [0.2, 0.25) is 0 Å². The number of nitrogens with zero attached hydrogens (tertiary/aromatic N) is 3. The topological polar surface area (TPSA) is 82.2 Å². The van der Waals surface area contributed by atoms with Crippen LogP contribution in [0.5, 0.6) is 0 Å². The van der Waals surface area contributed by atoms with Gasteiger partial charge in [-0.05, 0) is 42.3 Å². The molecule has 1 aromatic heterocycles. The van der Waals surface area contributed by atoms with E-state index >= 15 is 0 Å². The van der Waals surface area contributed by atoms with Crippen molar-refractivity contribution in [2.75, 3.05) is 4.90 Å². The number of nitriles is 1. The minimum atomic E-state index is -0.558. The number of aryl methyl sites for hydroxylation is 1. The van der Waals surface area contributed by atoms with Gasteiger partial charge in [-0.15, -0.1) is 12.6 Å². The summed E-state index contributed by atoms with van der Waals surface area (Å²) >= 11 is 4.58. The van der Waals surface area contributed by atoms with E-state index in [-0.39, 0.29) is 5.57 Å². The number of hydrogen-bond acceptors (Lipinski definition) is 6. The van der Waals surface area contributed by atoms with Crippen molar-refractivity contribution in [1.82, 2.24) is 10.5 Å². The zero-order valence-corrected chi connectivity index (χ0v) is 18.0. The van der Waals surface area contributed by atoms with Crippen molar-refractivity contribution in [2.45, 2.75) is 13.1 Å². The van der Waals surface area contributed by atoms with E-state index in [0.717, 1.165) is 33.3 Å². The summed E-state index contributed by atoms with van der Waals surface area (Å²) in [6.45, 7) is 1.99. The van der Waals surface area contributed by atoms with E-state index in [1.54, 1.807) is 0 Å². The maximum atomic E-state index is 12.7. The Balaban J connectivity index is 1.67. The van der Waals surface area contributed by atoms with Crippen LogP contribution in [0.3, 0.4) is 0 Å². The molecule has 156 valence electrons. The van der Waals surface area contributed by atoms with Gasteiger partial charge in [0.25, 0.3) is 5.91 Å². The lowest BCUT2D eigenvalue weighted by molar-refractivity contribution is -0.118. The smallest absolute Gasteiger partial charge is 0.266 e. The molecule has 6 nitrogen and oxygen atoms in total. The summed E-state index contributed by atoms with van der Waals surface area (Å²) in [5, 5.41) is 17.8. The number of rotatable bonds is 3. The molecular formula is C25H18N4O2S. The second-order valence-electron chi connectivity index (χ2n) is 7.55. The molecule has 1 N–H and O–H groups in total. The third-order valence-corrected chi connectivity index (χ3v) is 5.89. The quantitative estimate of drug-likeness (QED) is 0.435. The van der Waals surface area contributed by atoms with Gasteiger partial charge in [-0.2, -0.15) is 5.26 Å². The van der Waals surface area contributed by atoms with Crippen LogP contribution in [0.25, 0.3) is 22.2 Å². The predicted octanol–water partition coefficient (Wildman–Crippen LogP) is 5.10. The standard InChI is InChI=1S/C25H18N4O2S/c1-15-6-5-9-18(12-15)29-23(27-24(30)20(14-26)25(29)32)17-10-11-21-19(13-17)22(31-28-21)16-7-3-2-4-8-16/h2-13,23,32H,1H3,(H,27,30). The summed E-state index contributed by atoms with van der Waals surface area (Å²) in [5.41, 5.74) is 4.30. The Kier molecular flexibility index (Phi) is 4.92. The molecule has 5 rings (SSSR count). The molecule has 1 atom stereocenters. The number of anilines is 1. The molecule has 1 aliphatic heterocycles. The van der Waals surface area contributed by atoms with Gasteiger partial charge in [-0.3, -0.25) is 4.79 Å². The van der Waals surface area contributed by atoms with E-state index in [1.165, 1.54) is 0 Å². The molecule has 0 aliphatic carbocycles. The number of thiol groups is 1. The van der Waals surface area contributed by atoms with Crippen LogP contribution < -0.4 is 10.2 Å². The van der Waals surface area contributed by atoms with Gasteiger partial charge in [-0.25, -0.2) is 0 Å². The lowest BCUT2D eigenvalue weighted by Gasteiger charge is -2.38. The van der Waals surface area contributed by atoms with Gasteiger partial charge in [0.1, 0.15) is 23.3 Å². The Morgan fingerprint density at radius 3 is 2.66 bits per heavy atom. The molecule has 0 radical (unpaired) electrons. The molecule has 32 heavy (non-hydrogen) atoms. The molecule has 0 saturated heterocycles. The molecule has 0 bridgehead atoms. The monoisotopic (exact) mass is 438 g/mol. The van der Waals surface area contributed by atoms with E-state index in [4.69, 9.17) is 4.52 Å². The summed E-state index contributed by atoms with van der Waals surface area (Å²) in [6.07, 6.45) is -0.558. The number of fused-ring (bicyclic) bond motifs is 1. The lowest BCUT2D eigenvalue weighted by Crippen LogP contribution is -2.46. The van der Waals surface area contributed by atoms with Crippen LogP contribution in [-0.2, 0) is 4.79 Å². The number of carbonyl (C=O) groups is 1. The molecule has 1 unspecified atom stereocenters. The lowest BCUT2D eigenvalue weighted by atomic mass is 10.0. The van der Waals surface area contributed by atoms with Crippen molar-refractivity contribution in [3.8, 4) is 17.4 Å². The number of carbonyl (C=O) groups excluding carboxylic acids is 1. The Morgan fingerprint density at radius 1 is 1.09 bits per heavy atom. The Labute approximate surface area is 190 Å². The fraction of sp³-hybridized carbons (Fsp3) is 0.0800. The second kappa shape index (κ2) is 7.91. The summed E-state index contributed by atoms with van der Waals surface area (Å²) in [7, 11) is 0. The van der Waals surface area contributed by atoms with Crippen LogP contribution in [-0.4, -0.2) is 11.1 Å². The van der Waals surface area contributed by atoms with Gasteiger partial charge in [0, 0.05) is 11.3 Å². The summed E-state index contributed by atoms with van der Waals surface area (Å²) in [5.74, 6) is 0.200. The average Bonchev–Trinajstić information content (AvgIpc) is 3.23. The Hall–Kier alpha value is -4.02. The maximum Gasteiger partial charge on any atom is 0.266 e. The first-order valence-electron chi connectivity index (χ1n) is 10.0. The molecule has 0 saturated carbocycles. The first-order chi connectivity index (χ1) is 15.6. The fourth-order valence-electron chi connectivity index (χ4n) is 3.91. The van der Waals surface area contributed by atoms with Gasteiger partial charge < -0.3 is 14.7 Å². The van der Waals surface area contributed by atoms with E-state index in [0.29, 0.717) is 10.8 Å². The second-order valence-corrected chi connectivity index (χ2v) is 7.97. The van der Waals surface area contributed by atoms with Crippen LogP contribution in [0.2, 0.25) is 0 Å². The molecule has 2 heterocycles. The first-order valence-corrected chi connectivity index (χ1v) is 10.5. The van der Waals surface area contributed by atoms with Crippen molar-refractivity contribution in [3.05, 3.63) is 94.5 Å². The molecule has 1 amide bonds. The van der Waals surface area contributed by atoms with Gasteiger partial charge >= 0.3 is 0 Å². The van der Waals surface area contributed by atoms with Crippen LogP contribution in [0, 0.1) is 18.3 Å². The zero-order valence-electron chi connectivity index (χ0n) is 17.1. The number of benzene rings is 3. The minimum Gasteiger partial charge on any atom is -0.355 e. The molecular weight excluding hydrogens is 420 g/mol. The first kappa shape index (κ1) is 19.9. The highest BCUT2D eigenvalue weighted by molar-refractivity contribution is 7.84. The van der Waals surface area contributed by atoms with Crippen LogP contribution in [0.4, 0.5) is 5.69 Å². The van der Waals surface area contributed by atoms with E-state index in [1.807, 2.05) is 90.7 Å². The molecule has 4 aromatic rings. The molecule has 7 heteroatoms. The van der Waals surface area contributed by atoms with Crippen molar-refractivity contribution < 1.29 is 9.32 Å². The van der Waals surface area contributed by atoms with Crippen molar-refractivity contribution in [1.29, 1.82) is 5.26 Å². The SMILES string of the molecule is Cc1cccc(N2C(S)=C(C#N)C(=O)NC2c2ccc3noc(-c4ccccc4)c3c2)c1. The number of nitrogens with one attached hydrogen (secondary N) is 1. The zero-order chi connectivity index (χ0) is 22.2. The minimum absolute atomic E-state index is 0.0258. The summed E-state index contributed by atoms with van der Waals surface area (Å²) < 4.78 is 5.63. The molecule has 1 aliphatic rings. The number of aromatic nitrogens is 1. The molecule has 0 fully saturated rings. The van der Waals surface area contributed by atoms with Gasteiger partial charge in [0.05, 0.1) is 10.4 Å². The normalized spacial score (nSPS) is 16.2. The Bertz CT molecular complexity index is 1420. The fourth-order valence-corrected chi connectivity index (χ4v) is 4.30. The van der Waals surface area contributed by atoms with Crippen molar-refractivity contribution >= 4 is 35.1 Å². The Morgan fingerprint density at radius 2 is 1.91 bits per heavy atom. The average molecular weight is 439 g/mol. The van der Waals surface area contributed by atoms with Crippen LogP contribution in [0.1, 0.15) is 17.3 Å². The predicted molar refractivity (Wildman–Crippen MR) is 126 cm³/mol. The van der Waals surface area contributed by atoms with Crippen LogP contribution >= 0.6 is 12.6 Å². The number of hydrogen-bond donors (Lipinski definition) is 2. The van der Waals surface area contributed by atoms with Gasteiger partial charge in [-0.1, -0.05) is 53.7 Å². The highest BCUT2D eigenvalue weighted by atomic mass is 32.1. The highest BCUT2D eigenvalue weighted by Gasteiger charge is 2.34. The molecule has 0 spiro atoms.